The minimum absolute atomic E-state index is 0.0609. The Morgan fingerprint density at radius 2 is 2.00 bits per heavy atom. The van der Waals surface area contributed by atoms with Crippen molar-refractivity contribution >= 4 is 39.2 Å². The van der Waals surface area contributed by atoms with Crippen LogP contribution in [0.3, 0.4) is 0 Å². The van der Waals surface area contributed by atoms with Gasteiger partial charge >= 0.3 is 0 Å². The van der Waals surface area contributed by atoms with Crippen molar-refractivity contribution in [3.63, 3.8) is 0 Å². The molecule has 0 unspecified atom stereocenters. The van der Waals surface area contributed by atoms with Crippen molar-refractivity contribution in [3.8, 4) is 11.1 Å². The smallest absolute Gasteiger partial charge is 0.263 e. The second kappa shape index (κ2) is 8.97. The zero-order chi connectivity index (χ0) is 21.1. The molecule has 2 aromatic heterocycles. The molecule has 1 amide bonds. The summed E-state index contributed by atoms with van der Waals surface area (Å²) in [5, 5.41) is 5.66. The fourth-order valence-corrected chi connectivity index (χ4v) is 4.86. The number of nitrogens with one attached hydrogen (secondary N) is 1. The number of benzene rings is 1. The molecule has 7 heteroatoms. The largest absolute Gasteiger partial charge is 0.353 e. The van der Waals surface area contributed by atoms with E-state index in [1.165, 1.54) is 28.7 Å². The molecule has 1 N–H and O–H groups in total. The lowest BCUT2D eigenvalue weighted by Crippen LogP contribution is -2.36. The van der Waals surface area contributed by atoms with Crippen LogP contribution in [0.15, 0.2) is 52.3 Å². The van der Waals surface area contributed by atoms with Gasteiger partial charge in [0.2, 0.25) is 5.91 Å². The summed E-state index contributed by atoms with van der Waals surface area (Å²) in [6.45, 7) is 11.8. The number of aryl methyl sites for hydroxylation is 1. The Hall–Kier alpha value is -2.38. The lowest BCUT2D eigenvalue weighted by molar-refractivity contribution is -0.120. The molecule has 3 rings (SSSR count). The lowest BCUT2D eigenvalue weighted by atomic mass is 10.1. The van der Waals surface area contributed by atoms with Gasteiger partial charge < -0.3 is 5.32 Å². The highest BCUT2D eigenvalue weighted by atomic mass is 32.2. The second-order valence-electron chi connectivity index (χ2n) is 7.22. The molecule has 2 heterocycles. The predicted molar refractivity (Wildman–Crippen MR) is 123 cm³/mol. The number of hydrogen-bond donors (Lipinski definition) is 1. The number of hydrogen-bond acceptors (Lipinski definition) is 5. The van der Waals surface area contributed by atoms with Crippen LogP contribution in [-0.2, 0) is 11.3 Å². The fourth-order valence-electron chi connectivity index (χ4n) is 2.94. The minimum atomic E-state index is -0.366. The summed E-state index contributed by atoms with van der Waals surface area (Å²) in [5.41, 5.74) is 2.95. The molecule has 1 aromatic carbocycles. The predicted octanol–water partition coefficient (Wildman–Crippen LogP) is 4.62. The van der Waals surface area contributed by atoms with Crippen molar-refractivity contribution in [3.05, 3.63) is 58.2 Å². The summed E-state index contributed by atoms with van der Waals surface area (Å²) in [4.78, 5) is 31.1. The van der Waals surface area contributed by atoms with E-state index in [1.54, 1.807) is 10.6 Å². The molecule has 5 nitrogen and oxygen atoms in total. The molecule has 0 fully saturated rings. The first kappa shape index (κ1) is 21.3. The first-order valence-electron chi connectivity index (χ1n) is 9.48. The Morgan fingerprint density at radius 3 is 2.62 bits per heavy atom. The molecule has 0 saturated heterocycles. The van der Waals surface area contributed by atoms with Crippen LogP contribution in [0.1, 0.15) is 26.3 Å². The Kier molecular flexibility index (Phi) is 6.59. The highest BCUT2D eigenvalue weighted by Crippen LogP contribution is 2.33. The van der Waals surface area contributed by atoms with E-state index in [2.05, 4.69) is 11.9 Å². The molecular formula is C22H25N3O2S2. The Bertz CT molecular complexity index is 1100. The van der Waals surface area contributed by atoms with Gasteiger partial charge in [-0.1, -0.05) is 47.7 Å². The van der Waals surface area contributed by atoms with E-state index in [1.807, 2.05) is 57.3 Å². The van der Waals surface area contributed by atoms with E-state index < -0.39 is 0 Å². The van der Waals surface area contributed by atoms with Crippen molar-refractivity contribution in [2.75, 3.05) is 0 Å². The molecule has 0 radical (unpaired) electrons. The van der Waals surface area contributed by atoms with Gasteiger partial charge in [-0.15, -0.1) is 17.9 Å². The van der Waals surface area contributed by atoms with Crippen LogP contribution < -0.4 is 10.9 Å². The molecule has 1 atom stereocenters. The molecule has 152 valence electrons. The van der Waals surface area contributed by atoms with Crippen LogP contribution >= 0.6 is 23.1 Å². The SMILES string of the molecule is C=CCn1c(S[C@H](C)C(=O)NC(C)C)nc2scc(-c3ccc(C)cc3)c2c1=O. The molecule has 0 aliphatic carbocycles. The van der Waals surface area contributed by atoms with Gasteiger partial charge in [-0.2, -0.15) is 0 Å². The van der Waals surface area contributed by atoms with E-state index in [9.17, 15) is 9.59 Å². The fraction of sp³-hybridized carbons (Fsp3) is 0.318. The number of rotatable bonds is 7. The van der Waals surface area contributed by atoms with E-state index in [0.717, 1.165) is 11.1 Å². The number of carbonyl (C=O) groups excluding carboxylic acids is 1. The Morgan fingerprint density at radius 1 is 1.31 bits per heavy atom. The third-order valence-corrected chi connectivity index (χ3v) is 6.38. The van der Waals surface area contributed by atoms with Crippen molar-refractivity contribution in [2.24, 2.45) is 0 Å². The van der Waals surface area contributed by atoms with Crippen molar-refractivity contribution in [2.45, 2.75) is 50.7 Å². The normalized spacial score (nSPS) is 12.3. The highest BCUT2D eigenvalue weighted by Gasteiger charge is 2.21. The lowest BCUT2D eigenvalue weighted by Gasteiger charge is -2.16. The highest BCUT2D eigenvalue weighted by molar-refractivity contribution is 8.00. The average Bonchev–Trinajstić information content (AvgIpc) is 3.09. The summed E-state index contributed by atoms with van der Waals surface area (Å²) in [7, 11) is 0. The topological polar surface area (TPSA) is 64.0 Å². The maximum atomic E-state index is 13.4. The quantitative estimate of drug-likeness (QED) is 0.339. The van der Waals surface area contributed by atoms with Crippen molar-refractivity contribution in [1.29, 1.82) is 0 Å². The van der Waals surface area contributed by atoms with Gasteiger partial charge in [0.05, 0.1) is 10.6 Å². The van der Waals surface area contributed by atoms with E-state index >= 15 is 0 Å². The zero-order valence-electron chi connectivity index (χ0n) is 17.1. The number of nitrogens with zero attached hydrogens (tertiary/aromatic N) is 2. The summed E-state index contributed by atoms with van der Waals surface area (Å²) >= 11 is 2.75. The minimum Gasteiger partial charge on any atom is -0.353 e. The molecule has 29 heavy (non-hydrogen) atoms. The number of thiophene rings is 1. The average molecular weight is 428 g/mol. The van der Waals surface area contributed by atoms with Gasteiger partial charge in [0.15, 0.2) is 5.16 Å². The van der Waals surface area contributed by atoms with Gasteiger partial charge in [-0.3, -0.25) is 14.2 Å². The number of amides is 1. The van der Waals surface area contributed by atoms with Crippen molar-refractivity contribution in [1.82, 2.24) is 14.9 Å². The van der Waals surface area contributed by atoms with Crippen LogP contribution in [0.25, 0.3) is 21.3 Å². The van der Waals surface area contributed by atoms with Crippen LogP contribution in [0.5, 0.6) is 0 Å². The van der Waals surface area contributed by atoms with Gasteiger partial charge in [-0.05, 0) is 33.3 Å². The molecule has 0 saturated carbocycles. The molecular weight excluding hydrogens is 402 g/mol. The summed E-state index contributed by atoms with van der Waals surface area (Å²) in [6, 6.07) is 8.18. The summed E-state index contributed by atoms with van der Waals surface area (Å²) < 4.78 is 1.60. The number of allylic oxidation sites excluding steroid dienone is 1. The van der Waals surface area contributed by atoms with E-state index in [0.29, 0.717) is 21.9 Å². The van der Waals surface area contributed by atoms with Gasteiger partial charge in [0.1, 0.15) is 4.83 Å². The molecule has 0 spiro atoms. The number of aromatic nitrogens is 2. The Labute approximate surface area is 178 Å². The second-order valence-corrected chi connectivity index (χ2v) is 9.38. The molecule has 3 aromatic rings. The number of thioether (sulfide) groups is 1. The van der Waals surface area contributed by atoms with Gasteiger partial charge in [-0.25, -0.2) is 4.98 Å². The van der Waals surface area contributed by atoms with Gasteiger partial charge in [0, 0.05) is 23.5 Å². The Balaban J connectivity index is 2.07. The third kappa shape index (κ3) is 4.62. The maximum absolute atomic E-state index is 13.4. The first-order chi connectivity index (χ1) is 13.8. The molecule has 0 bridgehead atoms. The zero-order valence-corrected chi connectivity index (χ0v) is 18.7. The maximum Gasteiger partial charge on any atom is 0.263 e. The monoisotopic (exact) mass is 427 g/mol. The summed E-state index contributed by atoms with van der Waals surface area (Å²) in [6.07, 6.45) is 1.68. The number of carbonyl (C=O) groups is 1. The number of fused-ring (bicyclic) bond motifs is 1. The van der Waals surface area contributed by atoms with Crippen LogP contribution in [0, 0.1) is 6.92 Å². The van der Waals surface area contributed by atoms with Crippen LogP contribution in [0.2, 0.25) is 0 Å². The molecule has 0 aliphatic rings. The first-order valence-corrected chi connectivity index (χ1v) is 11.2. The molecule has 0 aliphatic heterocycles. The van der Waals surface area contributed by atoms with Crippen LogP contribution in [-0.4, -0.2) is 26.8 Å². The summed E-state index contributed by atoms with van der Waals surface area (Å²) in [5.74, 6) is -0.0731. The van der Waals surface area contributed by atoms with Crippen molar-refractivity contribution < 1.29 is 4.79 Å². The van der Waals surface area contributed by atoms with Crippen LogP contribution in [0.4, 0.5) is 0 Å². The van der Waals surface area contributed by atoms with E-state index in [4.69, 9.17) is 4.98 Å². The van der Waals surface area contributed by atoms with Gasteiger partial charge in [0.25, 0.3) is 5.56 Å². The van der Waals surface area contributed by atoms with E-state index in [-0.39, 0.29) is 22.8 Å². The third-order valence-electron chi connectivity index (χ3n) is 4.42. The standard InChI is InChI=1S/C22H25N3O2S2/c1-6-11-25-21(27)18-17(16-9-7-14(4)8-10-16)12-28-20(18)24-22(25)29-15(5)19(26)23-13(2)3/h6-10,12-13,15H,1,11H2,2-5H3,(H,23,26)/t15-/m1/s1.